The SMILES string of the molecule is Cc1ccc(-c2nnn(CC(=O)NCCC(C)(C)C(=O)O)n2)cc1. The third-order valence-corrected chi connectivity index (χ3v) is 3.70. The van der Waals surface area contributed by atoms with Crippen molar-refractivity contribution < 1.29 is 14.7 Å². The lowest BCUT2D eigenvalue weighted by atomic mass is 9.90. The van der Waals surface area contributed by atoms with Crippen molar-refractivity contribution in [2.75, 3.05) is 6.54 Å². The number of hydrogen-bond acceptors (Lipinski definition) is 5. The Bertz CT molecular complexity index is 722. The standard InChI is InChI=1S/C16H21N5O3/c1-11-4-6-12(7-5-11)14-18-20-21(19-14)10-13(22)17-9-8-16(2,3)15(23)24/h4-7H,8-10H2,1-3H3,(H,17,22)(H,23,24). The summed E-state index contributed by atoms with van der Waals surface area (Å²) in [6.07, 6.45) is 0.341. The van der Waals surface area contributed by atoms with Gasteiger partial charge in [-0.1, -0.05) is 29.8 Å². The Hall–Kier alpha value is -2.77. The Morgan fingerprint density at radius 2 is 1.92 bits per heavy atom. The monoisotopic (exact) mass is 331 g/mol. The molecule has 0 aliphatic heterocycles. The lowest BCUT2D eigenvalue weighted by molar-refractivity contribution is -0.147. The number of tetrazole rings is 1. The van der Waals surface area contributed by atoms with Crippen molar-refractivity contribution in [3.05, 3.63) is 29.8 Å². The minimum absolute atomic E-state index is 0.0631. The molecule has 1 heterocycles. The summed E-state index contributed by atoms with van der Waals surface area (Å²) in [6, 6.07) is 7.69. The van der Waals surface area contributed by atoms with Crippen molar-refractivity contribution in [1.29, 1.82) is 0 Å². The van der Waals surface area contributed by atoms with E-state index in [2.05, 4.69) is 20.7 Å². The van der Waals surface area contributed by atoms with Gasteiger partial charge in [-0.25, -0.2) is 0 Å². The second-order valence-corrected chi connectivity index (χ2v) is 6.30. The minimum Gasteiger partial charge on any atom is -0.481 e. The summed E-state index contributed by atoms with van der Waals surface area (Å²) in [5, 5.41) is 23.7. The van der Waals surface area contributed by atoms with Crippen LogP contribution in [0.1, 0.15) is 25.8 Å². The maximum atomic E-state index is 11.9. The molecule has 1 aromatic heterocycles. The second-order valence-electron chi connectivity index (χ2n) is 6.30. The first-order valence-corrected chi connectivity index (χ1v) is 7.63. The largest absolute Gasteiger partial charge is 0.481 e. The molecule has 8 heteroatoms. The maximum Gasteiger partial charge on any atom is 0.309 e. The number of nitrogens with zero attached hydrogens (tertiary/aromatic N) is 4. The maximum absolute atomic E-state index is 11.9. The van der Waals surface area contributed by atoms with Crippen LogP contribution in [-0.2, 0) is 16.1 Å². The van der Waals surface area contributed by atoms with Crippen LogP contribution in [0.15, 0.2) is 24.3 Å². The number of benzene rings is 1. The van der Waals surface area contributed by atoms with Gasteiger partial charge in [0.2, 0.25) is 11.7 Å². The van der Waals surface area contributed by atoms with Gasteiger partial charge in [-0.2, -0.15) is 4.80 Å². The summed E-state index contributed by atoms with van der Waals surface area (Å²) < 4.78 is 0. The first-order valence-electron chi connectivity index (χ1n) is 7.63. The van der Waals surface area contributed by atoms with Gasteiger partial charge in [0.05, 0.1) is 5.41 Å². The van der Waals surface area contributed by atoms with E-state index in [9.17, 15) is 9.59 Å². The minimum atomic E-state index is -0.891. The smallest absolute Gasteiger partial charge is 0.309 e. The van der Waals surface area contributed by atoms with Gasteiger partial charge in [0, 0.05) is 12.1 Å². The van der Waals surface area contributed by atoms with E-state index in [1.165, 1.54) is 4.80 Å². The Morgan fingerprint density at radius 3 is 2.54 bits per heavy atom. The molecule has 2 rings (SSSR count). The molecule has 0 unspecified atom stereocenters. The summed E-state index contributed by atoms with van der Waals surface area (Å²) in [7, 11) is 0. The molecule has 1 aromatic carbocycles. The fourth-order valence-electron chi connectivity index (χ4n) is 1.93. The van der Waals surface area contributed by atoms with Gasteiger partial charge in [0.25, 0.3) is 0 Å². The molecule has 0 atom stereocenters. The molecule has 128 valence electrons. The van der Waals surface area contributed by atoms with Crippen LogP contribution in [0.4, 0.5) is 0 Å². The van der Waals surface area contributed by atoms with E-state index in [4.69, 9.17) is 5.11 Å². The molecule has 2 aromatic rings. The van der Waals surface area contributed by atoms with E-state index in [0.717, 1.165) is 11.1 Å². The molecular formula is C16H21N5O3. The molecule has 2 N–H and O–H groups in total. The summed E-state index contributed by atoms with van der Waals surface area (Å²) >= 11 is 0. The lowest BCUT2D eigenvalue weighted by Crippen LogP contribution is -2.34. The zero-order chi connectivity index (χ0) is 17.7. The van der Waals surface area contributed by atoms with E-state index in [-0.39, 0.29) is 19.0 Å². The van der Waals surface area contributed by atoms with Crippen molar-refractivity contribution in [3.8, 4) is 11.4 Å². The number of carbonyl (C=O) groups excluding carboxylic acids is 1. The molecule has 8 nitrogen and oxygen atoms in total. The Kier molecular flexibility index (Phi) is 5.28. The highest BCUT2D eigenvalue weighted by molar-refractivity contribution is 5.76. The van der Waals surface area contributed by atoms with Crippen LogP contribution >= 0.6 is 0 Å². The molecular weight excluding hydrogens is 310 g/mol. The number of aryl methyl sites for hydroxylation is 1. The van der Waals surface area contributed by atoms with Gasteiger partial charge in [-0.05, 0) is 32.4 Å². The molecule has 0 saturated heterocycles. The Balaban J connectivity index is 1.87. The molecule has 0 aliphatic rings. The lowest BCUT2D eigenvalue weighted by Gasteiger charge is -2.18. The van der Waals surface area contributed by atoms with E-state index in [1.54, 1.807) is 13.8 Å². The van der Waals surface area contributed by atoms with Crippen LogP contribution in [0, 0.1) is 12.3 Å². The molecule has 0 radical (unpaired) electrons. The fraction of sp³-hybridized carbons (Fsp3) is 0.438. The number of aliphatic carboxylic acids is 1. The molecule has 0 aliphatic carbocycles. The van der Waals surface area contributed by atoms with Crippen LogP contribution in [-0.4, -0.2) is 43.7 Å². The van der Waals surface area contributed by atoms with E-state index >= 15 is 0 Å². The van der Waals surface area contributed by atoms with Crippen LogP contribution in [0.5, 0.6) is 0 Å². The highest BCUT2D eigenvalue weighted by atomic mass is 16.4. The quantitative estimate of drug-likeness (QED) is 0.790. The highest BCUT2D eigenvalue weighted by Crippen LogP contribution is 2.19. The normalized spacial score (nSPS) is 11.3. The molecule has 0 fully saturated rings. The third kappa shape index (κ3) is 4.61. The average molecular weight is 331 g/mol. The van der Waals surface area contributed by atoms with E-state index < -0.39 is 11.4 Å². The average Bonchev–Trinajstić information content (AvgIpc) is 2.96. The van der Waals surface area contributed by atoms with Crippen molar-refractivity contribution in [2.45, 2.75) is 33.7 Å². The summed E-state index contributed by atoms with van der Waals surface area (Å²) in [5.41, 5.74) is 1.09. The zero-order valence-electron chi connectivity index (χ0n) is 14.0. The summed E-state index contributed by atoms with van der Waals surface area (Å²) in [4.78, 5) is 24.1. The van der Waals surface area contributed by atoms with Crippen LogP contribution < -0.4 is 5.32 Å². The molecule has 1 amide bonds. The third-order valence-electron chi connectivity index (χ3n) is 3.70. The van der Waals surface area contributed by atoms with Crippen molar-refractivity contribution in [3.63, 3.8) is 0 Å². The summed E-state index contributed by atoms with van der Waals surface area (Å²) in [5.74, 6) is -0.726. The first-order chi connectivity index (χ1) is 11.3. The van der Waals surface area contributed by atoms with Gasteiger partial charge >= 0.3 is 5.97 Å². The van der Waals surface area contributed by atoms with E-state index in [0.29, 0.717) is 12.2 Å². The first kappa shape index (κ1) is 17.6. The van der Waals surface area contributed by atoms with Gasteiger partial charge in [0.1, 0.15) is 6.54 Å². The Labute approximate surface area is 139 Å². The van der Waals surface area contributed by atoms with Crippen LogP contribution in [0.2, 0.25) is 0 Å². The molecule has 0 spiro atoms. The van der Waals surface area contributed by atoms with Crippen molar-refractivity contribution >= 4 is 11.9 Å². The topological polar surface area (TPSA) is 110 Å². The van der Waals surface area contributed by atoms with Crippen molar-refractivity contribution in [1.82, 2.24) is 25.5 Å². The predicted molar refractivity (Wildman–Crippen MR) is 87.0 cm³/mol. The number of hydrogen-bond donors (Lipinski definition) is 2. The fourth-order valence-corrected chi connectivity index (χ4v) is 1.93. The number of nitrogens with one attached hydrogen (secondary N) is 1. The van der Waals surface area contributed by atoms with Gasteiger partial charge in [-0.3, -0.25) is 9.59 Å². The van der Waals surface area contributed by atoms with Crippen LogP contribution in [0.25, 0.3) is 11.4 Å². The second kappa shape index (κ2) is 7.20. The van der Waals surface area contributed by atoms with Gasteiger partial charge < -0.3 is 10.4 Å². The molecule has 0 saturated carbocycles. The number of carboxylic acid groups (broad SMARTS) is 1. The molecule has 24 heavy (non-hydrogen) atoms. The number of carboxylic acids is 1. The number of aromatic nitrogens is 4. The van der Waals surface area contributed by atoms with Gasteiger partial charge in [-0.15, -0.1) is 10.2 Å². The number of carbonyl (C=O) groups is 2. The van der Waals surface area contributed by atoms with Gasteiger partial charge in [0.15, 0.2) is 0 Å². The predicted octanol–water partition coefficient (Wildman–Crippen LogP) is 1.27. The number of amides is 1. The Morgan fingerprint density at radius 1 is 1.25 bits per heavy atom. The van der Waals surface area contributed by atoms with Crippen LogP contribution in [0.3, 0.4) is 0 Å². The van der Waals surface area contributed by atoms with E-state index in [1.807, 2.05) is 31.2 Å². The highest BCUT2D eigenvalue weighted by Gasteiger charge is 2.26. The van der Waals surface area contributed by atoms with Crippen molar-refractivity contribution in [2.24, 2.45) is 5.41 Å². The summed E-state index contributed by atoms with van der Waals surface area (Å²) in [6.45, 7) is 5.44. The number of rotatable bonds is 7. The zero-order valence-corrected chi connectivity index (χ0v) is 14.0. The molecule has 0 bridgehead atoms.